The molecule has 0 saturated heterocycles. The van der Waals surface area contributed by atoms with E-state index in [4.69, 9.17) is 0 Å². The molecule has 1 saturated carbocycles. The number of aromatic nitrogens is 1. The van der Waals surface area contributed by atoms with E-state index in [1.807, 2.05) is 66.7 Å². The zero-order chi connectivity index (χ0) is 25.7. The Labute approximate surface area is 218 Å². The quantitative estimate of drug-likeness (QED) is 0.313. The predicted octanol–water partition coefficient (Wildman–Crippen LogP) is 6.44. The summed E-state index contributed by atoms with van der Waals surface area (Å²) in [7, 11) is 0. The molecular formula is C32H33N3O2. The first-order valence-corrected chi connectivity index (χ1v) is 13.2. The van der Waals surface area contributed by atoms with Gasteiger partial charge in [0.1, 0.15) is 0 Å². The number of rotatable bonds is 7. The van der Waals surface area contributed by atoms with Crippen molar-refractivity contribution in [1.82, 2.24) is 10.3 Å². The number of hydrogen-bond acceptors (Lipinski definition) is 3. The molecule has 5 nitrogen and oxygen atoms in total. The summed E-state index contributed by atoms with van der Waals surface area (Å²) in [5, 5.41) is 7.13. The summed E-state index contributed by atoms with van der Waals surface area (Å²) >= 11 is 0. The first kappa shape index (κ1) is 24.7. The second-order valence-electron chi connectivity index (χ2n) is 10.1. The van der Waals surface area contributed by atoms with Gasteiger partial charge in [-0.1, -0.05) is 79.9 Å². The smallest absolute Gasteiger partial charge is 0.256 e. The Bertz CT molecular complexity index is 1370. The maximum atomic E-state index is 13.6. The molecule has 3 aromatic carbocycles. The maximum Gasteiger partial charge on any atom is 0.256 e. The molecule has 5 heteroatoms. The third kappa shape index (κ3) is 5.41. The minimum absolute atomic E-state index is 0.00126. The zero-order valence-electron chi connectivity index (χ0n) is 21.2. The van der Waals surface area contributed by atoms with Gasteiger partial charge in [0.25, 0.3) is 5.91 Å². The molecule has 37 heavy (non-hydrogen) atoms. The fourth-order valence-electron chi connectivity index (χ4n) is 5.54. The Balaban J connectivity index is 1.22. The summed E-state index contributed by atoms with van der Waals surface area (Å²) in [6, 6.07) is 27.5. The normalized spacial score (nSPS) is 15.6. The number of pyridine rings is 1. The molecule has 188 valence electrons. The van der Waals surface area contributed by atoms with Crippen molar-refractivity contribution in [2.75, 3.05) is 5.32 Å². The van der Waals surface area contributed by atoms with Gasteiger partial charge in [-0.05, 0) is 61.6 Å². The molecule has 0 spiro atoms. The van der Waals surface area contributed by atoms with Gasteiger partial charge < -0.3 is 10.6 Å². The molecule has 0 bridgehead atoms. The zero-order valence-corrected chi connectivity index (χ0v) is 21.2. The number of carbonyl (C=O) groups is 2. The number of carbonyl (C=O) groups excluding carboxylic acids is 2. The Morgan fingerprint density at radius 1 is 0.865 bits per heavy atom. The Kier molecular flexibility index (Phi) is 7.31. The van der Waals surface area contributed by atoms with Crippen LogP contribution in [0.3, 0.4) is 0 Å². The monoisotopic (exact) mass is 491 g/mol. The van der Waals surface area contributed by atoms with Crippen molar-refractivity contribution in [2.45, 2.75) is 56.9 Å². The SMILES string of the molecule is C[C@H](Cc1ccc(NC(=O)c2ccnc3ccccc23)cc1)NC(=O)C1(c2ccccc2)CCCCC1. The number of anilines is 1. The van der Waals surface area contributed by atoms with Gasteiger partial charge in [0.2, 0.25) is 5.91 Å². The maximum absolute atomic E-state index is 13.6. The van der Waals surface area contributed by atoms with Gasteiger partial charge in [-0.3, -0.25) is 14.6 Å². The third-order valence-electron chi connectivity index (χ3n) is 7.49. The van der Waals surface area contributed by atoms with Gasteiger partial charge in [-0.25, -0.2) is 0 Å². The summed E-state index contributed by atoms with van der Waals surface area (Å²) in [6.07, 6.45) is 7.54. The topological polar surface area (TPSA) is 71.1 Å². The van der Waals surface area contributed by atoms with Crippen LogP contribution in [-0.4, -0.2) is 22.8 Å². The van der Waals surface area contributed by atoms with Crippen molar-refractivity contribution in [3.8, 4) is 0 Å². The number of nitrogens with one attached hydrogen (secondary N) is 2. The molecule has 0 unspecified atom stereocenters. The molecule has 1 atom stereocenters. The highest BCUT2D eigenvalue weighted by Gasteiger charge is 2.41. The first-order chi connectivity index (χ1) is 18.0. The van der Waals surface area contributed by atoms with Gasteiger partial charge in [-0.2, -0.15) is 0 Å². The van der Waals surface area contributed by atoms with E-state index in [1.54, 1.807) is 12.3 Å². The lowest BCUT2D eigenvalue weighted by atomic mass is 9.68. The predicted molar refractivity (Wildman–Crippen MR) is 149 cm³/mol. The molecule has 2 N–H and O–H groups in total. The minimum atomic E-state index is -0.432. The second kappa shape index (κ2) is 11.0. The molecule has 1 aliphatic carbocycles. The standard InChI is InChI=1S/C32H33N3O2/c1-23(34-31(37)32(19-8-3-9-20-32)25-10-4-2-5-11-25)22-24-14-16-26(17-15-24)35-30(36)28-18-21-33-29-13-7-6-12-27(28)29/h2,4-7,10-18,21,23H,3,8-9,19-20,22H2,1H3,(H,34,37)(H,35,36)/t23-/m1/s1. The van der Waals surface area contributed by atoms with E-state index in [0.29, 0.717) is 5.56 Å². The van der Waals surface area contributed by atoms with Gasteiger partial charge in [0.15, 0.2) is 0 Å². The van der Waals surface area contributed by atoms with Crippen molar-refractivity contribution in [3.63, 3.8) is 0 Å². The number of fused-ring (bicyclic) bond motifs is 1. The average Bonchev–Trinajstić information content (AvgIpc) is 2.94. The van der Waals surface area contributed by atoms with Gasteiger partial charge in [0, 0.05) is 23.3 Å². The van der Waals surface area contributed by atoms with Crippen LogP contribution in [0.1, 0.15) is 60.5 Å². The fourth-order valence-corrected chi connectivity index (χ4v) is 5.54. The van der Waals surface area contributed by atoms with Crippen LogP contribution >= 0.6 is 0 Å². The molecule has 5 rings (SSSR count). The Morgan fingerprint density at radius 2 is 1.57 bits per heavy atom. The molecule has 0 aliphatic heterocycles. The summed E-state index contributed by atoms with van der Waals surface area (Å²) in [5.41, 5.74) is 3.93. The highest BCUT2D eigenvalue weighted by molar-refractivity contribution is 6.12. The number of nitrogens with zero attached hydrogens (tertiary/aromatic N) is 1. The van der Waals surface area contributed by atoms with Crippen LogP contribution in [0.15, 0.2) is 91.1 Å². The van der Waals surface area contributed by atoms with E-state index in [1.165, 1.54) is 6.42 Å². The van der Waals surface area contributed by atoms with Crippen molar-refractivity contribution >= 4 is 28.4 Å². The number of amides is 2. The van der Waals surface area contributed by atoms with Crippen molar-refractivity contribution in [1.29, 1.82) is 0 Å². The molecule has 1 aromatic heterocycles. The summed E-state index contributed by atoms with van der Waals surface area (Å²) in [6.45, 7) is 2.06. The lowest BCUT2D eigenvalue weighted by Gasteiger charge is -2.37. The van der Waals surface area contributed by atoms with E-state index < -0.39 is 5.41 Å². The van der Waals surface area contributed by atoms with E-state index in [2.05, 4.69) is 34.7 Å². The highest BCUT2D eigenvalue weighted by Crippen LogP contribution is 2.39. The second-order valence-corrected chi connectivity index (χ2v) is 10.1. The molecule has 0 radical (unpaired) electrons. The van der Waals surface area contributed by atoms with Crippen LogP contribution in [0.4, 0.5) is 5.69 Å². The summed E-state index contributed by atoms with van der Waals surface area (Å²) in [5.74, 6) is -0.0231. The fraction of sp³-hybridized carbons (Fsp3) is 0.281. The number of hydrogen-bond donors (Lipinski definition) is 2. The molecule has 2 amide bonds. The van der Waals surface area contributed by atoms with Crippen molar-refractivity contribution in [2.24, 2.45) is 0 Å². The molecule has 1 heterocycles. The van der Waals surface area contributed by atoms with Crippen LogP contribution < -0.4 is 10.6 Å². The minimum Gasteiger partial charge on any atom is -0.353 e. The Hall–Kier alpha value is -3.99. The summed E-state index contributed by atoms with van der Waals surface area (Å²) in [4.78, 5) is 30.8. The van der Waals surface area contributed by atoms with E-state index in [-0.39, 0.29) is 17.9 Å². The third-order valence-corrected chi connectivity index (χ3v) is 7.49. The van der Waals surface area contributed by atoms with Crippen molar-refractivity contribution in [3.05, 3.63) is 108 Å². The van der Waals surface area contributed by atoms with E-state index >= 15 is 0 Å². The van der Waals surface area contributed by atoms with Crippen LogP contribution in [0.2, 0.25) is 0 Å². The van der Waals surface area contributed by atoms with E-state index in [0.717, 1.165) is 59.8 Å². The van der Waals surface area contributed by atoms with E-state index in [9.17, 15) is 9.59 Å². The van der Waals surface area contributed by atoms with Gasteiger partial charge >= 0.3 is 0 Å². The van der Waals surface area contributed by atoms with Gasteiger partial charge in [-0.15, -0.1) is 0 Å². The molecular weight excluding hydrogens is 458 g/mol. The summed E-state index contributed by atoms with van der Waals surface area (Å²) < 4.78 is 0. The van der Waals surface area contributed by atoms with Crippen LogP contribution in [-0.2, 0) is 16.6 Å². The van der Waals surface area contributed by atoms with Crippen LogP contribution in [0.25, 0.3) is 10.9 Å². The lowest BCUT2D eigenvalue weighted by Crippen LogP contribution is -2.49. The number of benzene rings is 3. The Morgan fingerprint density at radius 3 is 2.32 bits per heavy atom. The molecule has 1 fully saturated rings. The first-order valence-electron chi connectivity index (χ1n) is 13.2. The van der Waals surface area contributed by atoms with Crippen LogP contribution in [0.5, 0.6) is 0 Å². The van der Waals surface area contributed by atoms with Crippen LogP contribution in [0, 0.1) is 0 Å². The van der Waals surface area contributed by atoms with Gasteiger partial charge in [0.05, 0.1) is 16.5 Å². The number of para-hydroxylation sites is 1. The lowest BCUT2D eigenvalue weighted by molar-refractivity contribution is -0.128. The average molecular weight is 492 g/mol. The van der Waals surface area contributed by atoms with Crippen molar-refractivity contribution < 1.29 is 9.59 Å². The molecule has 1 aliphatic rings. The molecule has 4 aromatic rings. The largest absolute Gasteiger partial charge is 0.353 e. The highest BCUT2D eigenvalue weighted by atomic mass is 16.2.